The molecule has 0 atom stereocenters. The molecule has 0 aliphatic carbocycles. The van der Waals surface area contributed by atoms with Crippen molar-refractivity contribution in [2.24, 2.45) is 0 Å². The van der Waals surface area contributed by atoms with Gasteiger partial charge in [-0.05, 0) is 13.8 Å². The predicted molar refractivity (Wildman–Crippen MR) is 95.2 cm³/mol. The molecule has 2 heteroatoms. The molecule has 0 saturated heterocycles. The van der Waals surface area contributed by atoms with Crippen LogP contribution in [0.25, 0.3) is 0 Å². The van der Waals surface area contributed by atoms with Crippen molar-refractivity contribution < 1.29 is 10.0 Å². The summed E-state index contributed by atoms with van der Waals surface area (Å²) in [5.41, 5.74) is 0.379. The maximum absolute atomic E-state index is 11.3. The summed E-state index contributed by atoms with van der Waals surface area (Å²) in [6.07, 6.45) is 0.791. The SMILES string of the molecule is CC[NH+](CC)CCC#CC(O)(c1ccccc1)c1ccccc1. The topological polar surface area (TPSA) is 24.7 Å². The van der Waals surface area contributed by atoms with Crippen LogP contribution in [0, 0.1) is 11.8 Å². The van der Waals surface area contributed by atoms with Crippen molar-refractivity contribution in [2.75, 3.05) is 19.6 Å². The third-order valence-electron chi connectivity index (χ3n) is 4.26. The van der Waals surface area contributed by atoms with E-state index in [1.807, 2.05) is 60.7 Å². The Bertz CT molecular complexity index is 596. The van der Waals surface area contributed by atoms with Gasteiger partial charge in [0, 0.05) is 11.1 Å². The van der Waals surface area contributed by atoms with Gasteiger partial charge in [0.25, 0.3) is 0 Å². The average Bonchev–Trinajstić information content (AvgIpc) is 2.63. The van der Waals surface area contributed by atoms with E-state index in [0.29, 0.717) is 0 Å². The molecule has 2 N–H and O–H groups in total. The number of quaternary nitrogens is 1. The highest BCUT2D eigenvalue weighted by Crippen LogP contribution is 2.28. The summed E-state index contributed by atoms with van der Waals surface area (Å²) in [7, 11) is 0. The lowest BCUT2D eigenvalue weighted by Gasteiger charge is -2.23. The van der Waals surface area contributed by atoms with Gasteiger partial charge in [0.05, 0.1) is 26.1 Å². The van der Waals surface area contributed by atoms with Crippen LogP contribution in [0.4, 0.5) is 0 Å². The van der Waals surface area contributed by atoms with Crippen LogP contribution in [-0.4, -0.2) is 24.7 Å². The standard InChI is InChI=1S/C21H25NO/c1-3-22(4-2)18-12-11-17-21(23,19-13-7-5-8-14-19)20-15-9-6-10-16-20/h5-10,13-16,23H,3-4,12,18H2,1-2H3/p+1. The molecule has 0 saturated carbocycles. The lowest BCUT2D eigenvalue weighted by Crippen LogP contribution is -3.11. The summed E-state index contributed by atoms with van der Waals surface area (Å²) in [5.74, 6) is 6.33. The van der Waals surface area contributed by atoms with Gasteiger partial charge >= 0.3 is 0 Å². The van der Waals surface area contributed by atoms with Crippen molar-refractivity contribution in [1.82, 2.24) is 0 Å². The van der Waals surface area contributed by atoms with Gasteiger partial charge in [0.1, 0.15) is 0 Å². The molecule has 0 aliphatic rings. The number of aliphatic hydroxyl groups is 1. The number of hydrogen-bond donors (Lipinski definition) is 2. The van der Waals surface area contributed by atoms with Crippen molar-refractivity contribution in [2.45, 2.75) is 25.9 Å². The normalized spacial score (nSPS) is 11.1. The van der Waals surface area contributed by atoms with Crippen LogP contribution in [-0.2, 0) is 5.60 Å². The van der Waals surface area contributed by atoms with E-state index in [4.69, 9.17) is 0 Å². The van der Waals surface area contributed by atoms with Crippen molar-refractivity contribution in [3.8, 4) is 11.8 Å². The molecule has 0 spiro atoms. The molecular formula is C21H26NO+. The second-order valence-electron chi connectivity index (χ2n) is 5.70. The van der Waals surface area contributed by atoms with Gasteiger partial charge in [-0.2, -0.15) is 0 Å². The molecule has 0 heterocycles. The maximum atomic E-state index is 11.3. The lowest BCUT2D eigenvalue weighted by atomic mass is 9.87. The lowest BCUT2D eigenvalue weighted by molar-refractivity contribution is -0.895. The van der Waals surface area contributed by atoms with Crippen LogP contribution in [0.15, 0.2) is 60.7 Å². The van der Waals surface area contributed by atoms with Gasteiger partial charge in [-0.15, -0.1) is 0 Å². The number of nitrogens with one attached hydrogen (secondary N) is 1. The first-order valence-corrected chi connectivity index (χ1v) is 8.37. The Morgan fingerprint density at radius 1 is 0.870 bits per heavy atom. The molecule has 0 fully saturated rings. The van der Waals surface area contributed by atoms with Crippen molar-refractivity contribution in [1.29, 1.82) is 0 Å². The fourth-order valence-electron chi connectivity index (χ4n) is 2.70. The average molecular weight is 308 g/mol. The highest BCUT2D eigenvalue weighted by atomic mass is 16.3. The van der Waals surface area contributed by atoms with E-state index >= 15 is 0 Å². The molecule has 0 radical (unpaired) electrons. The van der Waals surface area contributed by atoms with Gasteiger partial charge in [0.2, 0.25) is 0 Å². The Kier molecular flexibility index (Phi) is 6.40. The van der Waals surface area contributed by atoms with Crippen molar-refractivity contribution in [3.05, 3.63) is 71.8 Å². The van der Waals surface area contributed by atoms with Crippen LogP contribution in [0.3, 0.4) is 0 Å². The van der Waals surface area contributed by atoms with Gasteiger partial charge < -0.3 is 10.0 Å². The third kappa shape index (κ3) is 4.45. The van der Waals surface area contributed by atoms with Crippen LogP contribution in [0.2, 0.25) is 0 Å². The molecule has 2 aromatic carbocycles. The highest BCUT2D eigenvalue weighted by molar-refractivity contribution is 5.44. The fourth-order valence-corrected chi connectivity index (χ4v) is 2.70. The van der Waals surface area contributed by atoms with E-state index in [1.165, 1.54) is 4.90 Å². The molecular weight excluding hydrogens is 282 g/mol. The zero-order valence-electron chi connectivity index (χ0n) is 14.0. The second-order valence-corrected chi connectivity index (χ2v) is 5.70. The van der Waals surface area contributed by atoms with E-state index < -0.39 is 5.60 Å². The van der Waals surface area contributed by atoms with Crippen LogP contribution < -0.4 is 4.90 Å². The Hall–Kier alpha value is -2.08. The minimum atomic E-state index is -1.25. The van der Waals surface area contributed by atoms with Gasteiger partial charge in [0.15, 0.2) is 5.60 Å². The van der Waals surface area contributed by atoms with Gasteiger partial charge in [-0.25, -0.2) is 0 Å². The Morgan fingerprint density at radius 2 is 1.35 bits per heavy atom. The molecule has 0 amide bonds. The summed E-state index contributed by atoms with van der Waals surface area (Å²) >= 11 is 0. The van der Waals surface area contributed by atoms with Gasteiger partial charge in [-0.3, -0.25) is 0 Å². The summed E-state index contributed by atoms with van der Waals surface area (Å²) in [5, 5.41) is 11.3. The first-order valence-electron chi connectivity index (χ1n) is 8.37. The maximum Gasteiger partial charge on any atom is 0.176 e. The second kappa shape index (κ2) is 8.53. The minimum absolute atomic E-state index is 0.791. The van der Waals surface area contributed by atoms with Crippen LogP contribution >= 0.6 is 0 Å². The van der Waals surface area contributed by atoms with E-state index in [2.05, 4.69) is 25.7 Å². The number of hydrogen-bond acceptors (Lipinski definition) is 1. The van der Waals surface area contributed by atoms with Crippen molar-refractivity contribution in [3.63, 3.8) is 0 Å². The zero-order chi connectivity index (χ0) is 16.5. The summed E-state index contributed by atoms with van der Waals surface area (Å²) in [6.45, 7) is 7.62. The Balaban J connectivity index is 2.26. The molecule has 0 aliphatic heterocycles. The fraction of sp³-hybridized carbons (Fsp3) is 0.333. The predicted octanol–water partition coefficient (Wildman–Crippen LogP) is 2.24. The molecule has 2 nitrogen and oxygen atoms in total. The number of rotatable bonds is 6. The first-order chi connectivity index (χ1) is 11.2. The Labute approximate surface area is 139 Å². The highest BCUT2D eigenvalue weighted by Gasteiger charge is 2.28. The zero-order valence-corrected chi connectivity index (χ0v) is 14.0. The molecule has 23 heavy (non-hydrogen) atoms. The molecule has 0 aromatic heterocycles. The van der Waals surface area contributed by atoms with E-state index in [9.17, 15) is 5.11 Å². The Morgan fingerprint density at radius 3 is 1.78 bits per heavy atom. The third-order valence-corrected chi connectivity index (χ3v) is 4.26. The monoisotopic (exact) mass is 308 g/mol. The van der Waals surface area contributed by atoms with Crippen LogP contribution in [0.5, 0.6) is 0 Å². The molecule has 2 rings (SSSR count). The minimum Gasteiger partial charge on any atom is -0.369 e. The molecule has 2 aromatic rings. The summed E-state index contributed by atoms with van der Waals surface area (Å²) < 4.78 is 0. The van der Waals surface area contributed by atoms with E-state index in [0.717, 1.165) is 37.2 Å². The first kappa shape index (κ1) is 17.3. The van der Waals surface area contributed by atoms with Crippen molar-refractivity contribution >= 4 is 0 Å². The van der Waals surface area contributed by atoms with Gasteiger partial charge in [-0.1, -0.05) is 72.5 Å². The van der Waals surface area contributed by atoms with Crippen LogP contribution in [0.1, 0.15) is 31.4 Å². The smallest absolute Gasteiger partial charge is 0.176 e. The number of benzene rings is 2. The molecule has 120 valence electrons. The largest absolute Gasteiger partial charge is 0.369 e. The van der Waals surface area contributed by atoms with E-state index in [1.54, 1.807) is 0 Å². The summed E-state index contributed by atoms with van der Waals surface area (Å²) in [6, 6.07) is 19.4. The quantitative estimate of drug-likeness (QED) is 0.786. The van der Waals surface area contributed by atoms with E-state index in [-0.39, 0.29) is 0 Å². The molecule has 0 unspecified atom stereocenters. The molecule has 0 bridgehead atoms. The summed E-state index contributed by atoms with van der Waals surface area (Å²) in [4.78, 5) is 1.53.